The number of hydrogen-bond acceptors (Lipinski definition) is 9. The summed E-state index contributed by atoms with van der Waals surface area (Å²) >= 11 is 0. The molecular formula is C21H15F6N7O4. The Hall–Kier alpha value is -5.09. The summed E-state index contributed by atoms with van der Waals surface area (Å²) in [6.07, 6.45) is -9.82. The fourth-order valence-electron chi connectivity index (χ4n) is 2.51. The lowest BCUT2D eigenvalue weighted by Crippen LogP contribution is -2.21. The largest absolute Gasteiger partial charge is 0.573 e. The molecule has 0 aliphatic heterocycles. The van der Waals surface area contributed by atoms with Gasteiger partial charge in [-0.05, 0) is 54.6 Å². The van der Waals surface area contributed by atoms with Gasteiger partial charge in [-0.2, -0.15) is 13.2 Å². The van der Waals surface area contributed by atoms with Crippen LogP contribution < -0.4 is 20.5 Å². The first-order chi connectivity index (χ1) is 17.8. The molecule has 0 atom stereocenters. The molecule has 0 saturated heterocycles. The Morgan fingerprint density at radius 3 is 1.97 bits per heavy atom. The fraction of sp³-hybridized carbons (Fsp3) is 0.0952. The first-order valence-corrected chi connectivity index (χ1v) is 10.0. The maximum absolute atomic E-state index is 12.2. The molecule has 0 bridgehead atoms. The normalized spacial score (nSPS) is 11.2. The van der Waals surface area contributed by atoms with Crippen molar-refractivity contribution in [2.24, 2.45) is 0 Å². The number of nitrogens with zero attached hydrogens (tertiary/aromatic N) is 4. The first-order valence-electron chi connectivity index (χ1n) is 10.0. The molecule has 4 aromatic rings. The van der Waals surface area contributed by atoms with Gasteiger partial charge in [-0.3, -0.25) is 0 Å². The van der Waals surface area contributed by atoms with Crippen molar-refractivity contribution in [3.63, 3.8) is 0 Å². The number of H-pyrrole nitrogens is 1. The third kappa shape index (κ3) is 8.54. The van der Waals surface area contributed by atoms with Crippen molar-refractivity contribution in [3.8, 4) is 28.8 Å². The van der Waals surface area contributed by atoms with Crippen LogP contribution >= 0.6 is 0 Å². The van der Waals surface area contributed by atoms with Crippen molar-refractivity contribution in [2.75, 3.05) is 11.1 Å². The number of aliphatic carboxylic acids is 1. The molecule has 11 nitrogen and oxygen atoms in total. The quantitative estimate of drug-likeness (QED) is 0.246. The summed E-state index contributed by atoms with van der Waals surface area (Å²) in [5.74, 6) is -1.13. The van der Waals surface area contributed by atoms with Crippen molar-refractivity contribution in [3.05, 3.63) is 60.7 Å². The number of aromatic amines is 1. The average Bonchev–Trinajstić information content (AvgIpc) is 3.30. The predicted molar refractivity (Wildman–Crippen MR) is 118 cm³/mol. The van der Waals surface area contributed by atoms with Gasteiger partial charge in [0.05, 0.1) is 0 Å². The minimum absolute atomic E-state index is 0.294. The third-order valence-corrected chi connectivity index (χ3v) is 4.09. The van der Waals surface area contributed by atoms with Crippen LogP contribution in [0.5, 0.6) is 17.4 Å². The Morgan fingerprint density at radius 2 is 1.45 bits per heavy atom. The standard InChI is InChI=1S/C19H14F3N7O2.C2HF3O2/c20-19(21,22)31-14-7-3-12(4-8-14)24-18-25-17(28-29-18)11-1-5-13(6-2-11)30-16-10-9-15(23)26-27-16;3-2(4,5)1(6)7/h1-10H,(H2,23,26)(H2,24,25,28,29);(H,6,7). The van der Waals surface area contributed by atoms with Gasteiger partial charge in [-0.15, -0.1) is 33.6 Å². The van der Waals surface area contributed by atoms with Crippen LogP contribution in [0.2, 0.25) is 0 Å². The van der Waals surface area contributed by atoms with Gasteiger partial charge in [0.25, 0.3) is 0 Å². The van der Waals surface area contributed by atoms with Crippen LogP contribution in [0.4, 0.5) is 43.8 Å². The number of nitrogen functional groups attached to an aromatic ring is 1. The number of hydrogen-bond donors (Lipinski definition) is 4. The second-order valence-corrected chi connectivity index (χ2v) is 6.95. The van der Waals surface area contributed by atoms with Crippen LogP contribution in [0, 0.1) is 0 Å². The molecule has 4 rings (SSSR count). The highest BCUT2D eigenvalue weighted by Gasteiger charge is 2.38. The lowest BCUT2D eigenvalue weighted by atomic mass is 10.2. The Bertz CT molecular complexity index is 1340. The molecule has 2 heterocycles. The Labute approximate surface area is 208 Å². The van der Waals surface area contributed by atoms with E-state index in [4.69, 9.17) is 20.4 Å². The van der Waals surface area contributed by atoms with E-state index >= 15 is 0 Å². The van der Waals surface area contributed by atoms with Crippen LogP contribution in [-0.2, 0) is 4.79 Å². The smallest absolute Gasteiger partial charge is 0.475 e. The molecule has 0 unspecified atom stereocenters. The van der Waals surface area contributed by atoms with Crippen molar-refractivity contribution in [2.45, 2.75) is 12.5 Å². The van der Waals surface area contributed by atoms with Gasteiger partial charge in [0, 0.05) is 17.3 Å². The van der Waals surface area contributed by atoms with Gasteiger partial charge >= 0.3 is 18.5 Å². The van der Waals surface area contributed by atoms with Gasteiger partial charge in [-0.1, -0.05) is 0 Å². The molecule has 2 aromatic carbocycles. The summed E-state index contributed by atoms with van der Waals surface area (Å²) in [5, 5.41) is 25.6. The highest BCUT2D eigenvalue weighted by Crippen LogP contribution is 2.26. The molecule has 2 aromatic heterocycles. The number of halogens is 6. The summed E-state index contributed by atoms with van der Waals surface area (Å²) in [7, 11) is 0. The van der Waals surface area contributed by atoms with Crippen LogP contribution in [0.15, 0.2) is 60.7 Å². The maximum atomic E-state index is 12.2. The minimum atomic E-state index is -5.08. The molecule has 0 radical (unpaired) electrons. The van der Waals surface area contributed by atoms with Gasteiger partial charge in [0.15, 0.2) is 5.82 Å². The average molecular weight is 543 g/mol. The maximum Gasteiger partial charge on any atom is 0.573 e. The number of aromatic nitrogens is 5. The van der Waals surface area contributed by atoms with Crippen LogP contribution in [0.25, 0.3) is 11.4 Å². The summed E-state index contributed by atoms with van der Waals surface area (Å²) in [6, 6.07) is 15.4. The molecule has 0 spiro atoms. The molecule has 38 heavy (non-hydrogen) atoms. The van der Waals surface area contributed by atoms with E-state index in [2.05, 4.69) is 35.4 Å². The second-order valence-electron chi connectivity index (χ2n) is 6.95. The summed E-state index contributed by atoms with van der Waals surface area (Å²) in [5.41, 5.74) is 6.73. The van der Waals surface area contributed by atoms with Crippen molar-refractivity contribution in [1.29, 1.82) is 0 Å². The summed E-state index contributed by atoms with van der Waals surface area (Å²) < 4.78 is 77.8. The van der Waals surface area contributed by atoms with E-state index in [1.165, 1.54) is 24.3 Å². The zero-order valence-corrected chi connectivity index (χ0v) is 18.6. The Kier molecular flexibility index (Phi) is 8.19. The number of alkyl halides is 6. The van der Waals surface area contributed by atoms with E-state index in [1.54, 1.807) is 36.4 Å². The van der Waals surface area contributed by atoms with E-state index < -0.39 is 18.5 Å². The van der Waals surface area contributed by atoms with Crippen LogP contribution in [0.3, 0.4) is 0 Å². The zero-order valence-electron chi connectivity index (χ0n) is 18.6. The minimum Gasteiger partial charge on any atom is -0.475 e. The first kappa shape index (κ1) is 27.5. The molecule has 17 heteroatoms. The van der Waals surface area contributed by atoms with E-state index in [1.807, 2.05) is 0 Å². The molecule has 200 valence electrons. The number of nitrogens with two attached hydrogens (primary N) is 1. The number of rotatable bonds is 6. The highest BCUT2D eigenvalue weighted by molar-refractivity contribution is 5.73. The van der Waals surface area contributed by atoms with E-state index in [0.29, 0.717) is 34.9 Å². The number of carboxylic acids is 1. The van der Waals surface area contributed by atoms with E-state index in [-0.39, 0.29) is 5.75 Å². The number of carbonyl (C=O) groups is 1. The molecule has 0 fully saturated rings. The molecule has 0 saturated carbocycles. The summed E-state index contributed by atoms with van der Waals surface area (Å²) in [6.45, 7) is 0. The monoisotopic (exact) mass is 543 g/mol. The number of ether oxygens (including phenoxy) is 2. The predicted octanol–water partition coefficient (Wildman–Crippen LogP) is 4.91. The van der Waals surface area contributed by atoms with Crippen molar-refractivity contribution < 1.29 is 45.7 Å². The Balaban J connectivity index is 0.000000505. The highest BCUT2D eigenvalue weighted by atomic mass is 19.4. The number of anilines is 3. The fourth-order valence-corrected chi connectivity index (χ4v) is 2.51. The number of carboxylic acid groups (broad SMARTS) is 1. The van der Waals surface area contributed by atoms with Gasteiger partial charge in [0.1, 0.15) is 17.3 Å². The van der Waals surface area contributed by atoms with Gasteiger partial charge in [0.2, 0.25) is 11.8 Å². The Morgan fingerprint density at radius 1 is 0.842 bits per heavy atom. The van der Waals surface area contributed by atoms with Crippen molar-refractivity contribution in [1.82, 2.24) is 25.4 Å². The molecule has 5 N–H and O–H groups in total. The second kappa shape index (κ2) is 11.3. The number of nitrogens with one attached hydrogen (secondary N) is 2. The van der Waals surface area contributed by atoms with Crippen molar-refractivity contribution >= 4 is 23.4 Å². The number of benzene rings is 2. The van der Waals surface area contributed by atoms with E-state index in [9.17, 15) is 26.3 Å². The summed E-state index contributed by atoms with van der Waals surface area (Å²) in [4.78, 5) is 11.9. The van der Waals surface area contributed by atoms with Crippen LogP contribution in [-0.4, -0.2) is 49.0 Å². The zero-order chi connectivity index (χ0) is 27.9. The SMILES string of the molecule is Nc1ccc(Oc2ccc(-c3nnc(Nc4ccc(OC(F)(F)F)cc4)[nH]3)cc2)nn1.O=C(O)C(F)(F)F. The van der Waals surface area contributed by atoms with Gasteiger partial charge in [-0.25, -0.2) is 4.79 Å². The molecule has 0 aliphatic carbocycles. The van der Waals surface area contributed by atoms with Gasteiger partial charge < -0.3 is 30.6 Å². The molecular weight excluding hydrogens is 528 g/mol. The lowest BCUT2D eigenvalue weighted by molar-refractivity contribution is -0.274. The lowest BCUT2D eigenvalue weighted by Gasteiger charge is -2.09. The third-order valence-electron chi connectivity index (χ3n) is 4.09. The molecule has 0 amide bonds. The molecule has 0 aliphatic rings. The van der Waals surface area contributed by atoms with E-state index in [0.717, 1.165) is 5.56 Å². The van der Waals surface area contributed by atoms with Crippen LogP contribution in [0.1, 0.15) is 0 Å². The topological polar surface area (TPSA) is 161 Å².